The van der Waals surface area contributed by atoms with Crippen LogP contribution in [0.15, 0.2) is 18.2 Å². The molecule has 0 aliphatic carbocycles. The molecule has 0 saturated carbocycles. The Morgan fingerprint density at radius 2 is 2.11 bits per heavy atom. The standard InChI is InChI=1S/C17H21ClFN5O3S/c1-20-15-9-13(21-22-15)14-5-3-4-6-24(14)17(25)11-7-10(19)8-12(18)16(11)23-28(2,26)27/h7-9,14,23H,3-6H2,1-2H3,(H2,20,21,22)/t14-/m0/s1. The van der Waals surface area contributed by atoms with Crippen molar-refractivity contribution in [2.45, 2.75) is 25.3 Å². The highest BCUT2D eigenvalue weighted by molar-refractivity contribution is 7.92. The SMILES string of the molecule is CNc1cc([C@@H]2CCCCN2C(=O)c2cc(F)cc(Cl)c2NS(C)(=O)=O)[nH]n1. The maximum Gasteiger partial charge on any atom is 0.256 e. The van der Waals surface area contributed by atoms with E-state index < -0.39 is 21.7 Å². The number of hydrogen-bond acceptors (Lipinski definition) is 5. The first-order valence-electron chi connectivity index (χ1n) is 8.70. The van der Waals surface area contributed by atoms with Crippen LogP contribution in [-0.4, -0.2) is 49.3 Å². The average Bonchev–Trinajstić information content (AvgIpc) is 3.11. The molecular formula is C17H21ClFN5O3S. The van der Waals surface area contributed by atoms with E-state index in [2.05, 4.69) is 20.2 Å². The van der Waals surface area contributed by atoms with Gasteiger partial charge in [0.05, 0.1) is 34.3 Å². The Morgan fingerprint density at radius 1 is 1.36 bits per heavy atom. The number of likely N-dealkylation sites (tertiary alicyclic amines) is 1. The number of carbonyl (C=O) groups is 1. The lowest BCUT2D eigenvalue weighted by Gasteiger charge is -2.35. The molecule has 2 heterocycles. The van der Waals surface area contributed by atoms with Crippen LogP contribution >= 0.6 is 11.6 Å². The largest absolute Gasteiger partial charge is 0.372 e. The average molecular weight is 430 g/mol. The Kier molecular flexibility index (Phi) is 5.80. The minimum absolute atomic E-state index is 0.125. The zero-order valence-electron chi connectivity index (χ0n) is 15.4. The molecular weight excluding hydrogens is 409 g/mol. The van der Waals surface area contributed by atoms with Crippen LogP contribution in [0.1, 0.15) is 41.4 Å². The number of nitrogens with one attached hydrogen (secondary N) is 3. The third-order valence-corrected chi connectivity index (χ3v) is 5.42. The van der Waals surface area contributed by atoms with Gasteiger partial charge in [-0.25, -0.2) is 12.8 Å². The van der Waals surface area contributed by atoms with Crippen LogP contribution in [0.3, 0.4) is 0 Å². The van der Waals surface area contributed by atoms with E-state index in [9.17, 15) is 17.6 Å². The molecule has 1 fully saturated rings. The zero-order valence-corrected chi connectivity index (χ0v) is 17.0. The first-order chi connectivity index (χ1) is 13.2. The second-order valence-corrected chi connectivity index (χ2v) is 8.81. The van der Waals surface area contributed by atoms with Crippen LogP contribution in [-0.2, 0) is 10.0 Å². The lowest BCUT2D eigenvalue weighted by Crippen LogP contribution is -2.39. The minimum atomic E-state index is -3.72. The van der Waals surface area contributed by atoms with E-state index in [1.807, 2.05) is 6.07 Å². The van der Waals surface area contributed by atoms with Gasteiger partial charge in [-0.15, -0.1) is 0 Å². The molecule has 1 aromatic heterocycles. The summed E-state index contributed by atoms with van der Waals surface area (Å²) >= 11 is 6.04. The summed E-state index contributed by atoms with van der Waals surface area (Å²) in [5.41, 5.74) is 0.494. The molecule has 8 nitrogen and oxygen atoms in total. The van der Waals surface area contributed by atoms with Gasteiger partial charge in [0, 0.05) is 19.7 Å². The summed E-state index contributed by atoms with van der Waals surface area (Å²) in [6, 6.07) is 3.49. The van der Waals surface area contributed by atoms with Crippen LogP contribution in [0.25, 0.3) is 0 Å². The van der Waals surface area contributed by atoms with Gasteiger partial charge in [0.15, 0.2) is 0 Å². The molecule has 1 aliphatic rings. The summed E-state index contributed by atoms with van der Waals surface area (Å²) < 4.78 is 39.6. The number of halogens is 2. The van der Waals surface area contributed by atoms with Gasteiger partial charge in [-0.1, -0.05) is 11.6 Å². The van der Waals surface area contributed by atoms with Crippen LogP contribution < -0.4 is 10.0 Å². The van der Waals surface area contributed by atoms with Gasteiger partial charge in [-0.3, -0.25) is 14.6 Å². The molecule has 0 unspecified atom stereocenters. The highest BCUT2D eigenvalue weighted by Crippen LogP contribution is 2.35. The fraction of sp³-hybridized carbons (Fsp3) is 0.412. The monoisotopic (exact) mass is 429 g/mol. The normalized spacial score (nSPS) is 17.4. The Balaban J connectivity index is 2.01. The molecule has 1 aromatic carbocycles. The topological polar surface area (TPSA) is 107 Å². The molecule has 1 saturated heterocycles. The molecule has 0 radical (unpaired) electrons. The molecule has 1 atom stereocenters. The fourth-order valence-corrected chi connectivity index (χ4v) is 4.22. The zero-order chi connectivity index (χ0) is 20.5. The summed E-state index contributed by atoms with van der Waals surface area (Å²) in [4.78, 5) is 14.9. The molecule has 3 N–H and O–H groups in total. The third kappa shape index (κ3) is 4.39. The fourth-order valence-electron chi connectivity index (χ4n) is 3.32. The number of H-pyrrole nitrogens is 1. The van der Waals surface area contributed by atoms with Crippen molar-refractivity contribution in [3.8, 4) is 0 Å². The first kappa shape index (κ1) is 20.4. The van der Waals surface area contributed by atoms with Crippen LogP contribution in [0.4, 0.5) is 15.9 Å². The van der Waals surface area contributed by atoms with Gasteiger partial charge < -0.3 is 10.2 Å². The van der Waals surface area contributed by atoms with Crippen molar-refractivity contribution < 1.29 is 17.6 Å². The van der Waals surface area contributed by atoms with Crippen molar-refractivity contribution in [1.82, 2.24) is 15.1 Å². The van der Waals surface area contributed by atoms with Gasteiger partial charge in [0.25, 0.3) is 5.91 Å². The van der Waals surface area contributed by atoms with Gasteiger partial charge in [0.1, 0.15) is 11.6 Å². The molecule has 1 amide bonds. The lowest BCUT2D eigenvalue weighted by molar-refractivity contribution is 0.0606. The number of aromatic amines is 1. The number of anilines is 2. The maximum absolute atomic E-state index is 14.0. The molecule has 28 heavy (non-hydrogen) atoms. The van der Waals surface area contributed by atoms with E-state index in [-0.39, 0.29) is 22.3 Å². The van der Waals surface area contributed by atoms with Crippen molar-refractivity contribution in [3.63, 3.8) is 0 Å². The van der Waals surface area contributed by atoms with E-state index in [4.69, 9.17) is 11.6 Å². The Bertz CT molecular complexity index is 995. The van der Waals surface area contributed by atoms with E-state index in [0.29, 0.717) is 18.8 Å². The smallest absolute Gasteiger partial charge is 0.256 e. The number of amides is 1. The molecule has 152 valence electrons. The number of sulfonamides is 1. The molecule has 1 aliphatic heterocycles. The van der Waals surface area contributed by atoms with Crippen LogP contribution in [0.2, 0.25) is 5.02 Å². The summed E-state index contributed by atoms with van der Waals surface area (Å²) in [6.45, 7) is 0.448. The summed E-state index contributed by atoms with van der Waals surface area (Å²) in [5, 5.41) is 9.79. The molecule has 0 bridgehead atoms. The van der Waals surface area contributed by atoms with Gasteiger partial charge >= 0.3 is 0 Å². The summed E-state index contributed by atoms with van der Waals surface area (Å²) in [6.07, 6.45) is 3.34. The van der Waals surface area contributed by atoms with Crippen LogP contribution in [0, 0.1) is 5.82 Å². The summed E-state index contributed by atoms with van der Waals surface area (Å²) in [7, 11) is -1.98. The number of piperidine rings is 1. The lowest BCUT2D eigenvalue weighted by atomic mass is 9.98. The quantitative estimate of drug-likeness (QED) is 0.677. The molecule has 11 heteroatoms. The number of carbonyl (C=O) groups excluding carboxylic acids is 1. The Labute approximate surface area is 167 Å². The van der Waals surface area contributed by atoms with Crippen molar-refractivity contribution in [3.05, 3.63) is 40.3 Å². The van der Waals surface area contributed by atoms with E-state index in [0.717, 1.165) is 36.9 Å². The van der Waals surface area contributed by atoms with Crippen molar-refractivity contribution in [2.75, 3.05) is 29.9 Å². The van der Waals surface area contributed by atoms with E-state index in [1.165, 1.54) is 0 Å². The highest BCUT2D eigenvalue weighted by Gasteiger charge is 2.32. The predicted octanol–water partition coefficient (Wildman–Crippen LogP) is 2.98. The Hall–Kier alpha value is -2.33. The third-order valence-electron chi connectivity index (χ3n) is 4.55. The predicted molar refractivity (Wildman–Crippen MR) is 106 cm³/mol. The number of benzene rings is 1. The van der Waals surface area contributed by atoms with Crippen molar-refractivity contribution >= 4 is 39.0 Å². The second kappa shape index (κ2) is 7.96. The minimum Gasteiger partial charge on any atom is -0.372 e. The van der Waals surface area contributed by atoms with Gasteiger partial charge in [-0.05, 0) is 31.4 Å². The number of nitrogens with zero attached hydrogens (tertiary/aromatic N) is 2. The van der Waals surface area contributed by atoms with Gasteiger partial charge in [-0.2, -0.15) is 5.10 Å². The number of aromatic nitrogens is 2. The molecule has 2 aromatic rings. The first-order valence-corrected chi connectivity index (χ1v) is 11.0. The van der Waals surface area contributed by atoms with Gasteiger partial charge in [0.2, 0.25) is 10.0 Å². The second-order valence-electron chi connectivity index (χ2n) is 6.65. The van der Waals surface area contributed by atoms with Crippen LogP contribution in [0.5, 0.6) is 0 Å². The summed E-state index contributed by atoms with van der Waals surface area (Å²) in [5.74, 6) is -0.584. The molecule has 3 rings (SSSR count). The van der Waals surface area contributed by atoms with E-state index >= 15 is 0 Å². The van der Waals surface area contributed by atoms with E-state index in [1.54, 1.807) is 11.9 Å². The van der Waals surface area contributed by atoms with Crippen molar-refractivity contribution in [2.24, 2.45) is 0 Å². The number of rotatable bonds is 5. The van der Waals surface area contributed by atoms with Crippen molar-refractivity contribution in [1.29, 1.82) is 0 Å². The highest BCUT2D eigenvalue weighted by atomic mass is 35.5. The maximum atomic E-state index is 14.0. The molecule has 0 spiro atoms. The Morgan fingerprint density at radius 3 is 2.75 bits per heavy atom. The number of hydrogen-bond donors (Lipinski definition) is 3.